The minimum Gasteiger partial charge on any atom is -0.493 e. The van der Waals surface area contributed by atoms with Gasteiger partial charge in [-0.1, -0.05) is 50.6 Å². The molecule has 7 nitrogen and oxygen atoms in total. The molecular weight excluding hydrogens is 420 g/mol. The summed E-state index contributed by atoms with van der Waals surface area (Å²) in [6.07, 6.45) is 3.24. The lowest BCUT2D eigenvalue weighted by atomic mass is 9.64. The number of hydrogen-bond donors (Lipinski definition) is 2. The fourth-order valence-corrected chi connectivity index (χ4v) is 4.30. The molecule has 0 aromatic heterocycles. The number of ether oxygens (including phenoxy) is 3. The lowest BCUT2D eigenvalue weighted by molar-refractivity contribution is -0.124. The predicted octanol–water partition coefficient (Wildman–Crippen LogP) is 3.70. The summed E-state index contributed by atoms with van der Waals surface area (Å²) in [7, 11) is 4.49. The zero-order valence-electron chi connectivity index (χ0n) is 20.1. The van der Waals surface area contributed by atoms with Crippen LogP contribution >= 0.6 is 0 Å². The van der Waals surface area contributed by atoms with E-state index in [1.54, 1.807) is 12.1 Å². The van der Waals surface area contributed by atoms with Gasteiger partial charge in [-0.25, -0.2) is 0 Å². The quantitative estimate of drug-likeness (QED) is 0.572. The van der Waals surface area contributed by atoms with E-state index in [1.165, 1.54) is 26.9 Å². The molecule has 2 aromatic carbocycles. The smallest absolute Gasteiger partial charge is 0.252 e. The molecule has 2 aromatic rings. The maximum atomic E-state index is 13.1. The molecule has 0 heterocycles. The molecule has 7 heteroatoms. The predicted molar refractivity (Wildman–Crippen MR) is 127 cm³/mol. The highest BCUT2D eigenvalue weighted by Gasteiger charge is 2.39. The second-order valence-electron chi connectivity index (χ2n) is 8.83. The van der Waals surface area contributed by atoms with Gasteiger partial charge in [-0.15, -0.1) is 0 Å². The largest absolute Gasteiger partial charge is 0.493 e. The Morgan fingerprint density at radius 3 is 2.03 bits per heavy atom. The van der Waals surface area contributed by atoms with Gasteiger partial charge in [0.2, 0.25) is 11.7 Å². The van der Waals surface area contributed by atoms with Crippen molar-refractivity contribution in [1.29, 1.82) is 0 Å². The minimum atomic E-state index is -0.676. The molecule has 0 unspecified atom stereocenters. The van der Waals surface area contributed by atoms with Gasteiger partial charge in [-0.3, -0.25) is 9.59 Å². The van der Waals surface area contributed by atoms with Crippen molar-refractivity contribution in [3.05, 3.63) is 53.6 Å². The zero-order valence-corrected chi connectivity index (χ0v) is 20.1. The summed E-state index contributed by atoms with van der Waals surface area (Å²) in [5.41, 5.74) is 1.54. The second-order valence-corrected chi connectivity index (χ2v) is 8.83. The van der Waals surface area contributed by atoms with Crippen LogP contribution in [-0.4, -0.2) is 45.7 Å². The maximum Gasteiger partial charge on any atom is 0.252 e. The zero-order chi connectivity index (χ0) is 24.0. The SMILES string of the molecule is COc1cc(C(=O)N[C@@H](C(=O)NCC2(c3ccccc3)CCC2)C(C)C)cc(OC)c1OC. The monoisotopic (exact) mass is 454 g/mol. The molecule has 0 aliphatic heterocycles. The summed E-state index contributed by atoms with van der Waals surface area (Å²) in [4.78, 5) is 26.2. The van der Waals surface area contributed by atoms with Crippen molar-refractivity contribution in [3.8, 4) is 17.2 Å². The van der Waals surface area contributed by atoms with Crippen LogP contribution in [0.3, 0.4) is 0 Å². The summed E-state index contributed by atoms with van der Waals surface area (Å²) in [5.74, 6) is 0.494. The van der Waals surface area contributed by atoms with Gasteiger partial charge >= 0.3 is 0 Å². The van der Waals surface area contributed by atoms with Crippen molar-refractivity contribution >= 4 is 11.8 Å². The third-order valence-electron chi connectivity index (χ3n) is 6.46. The molecule has 2 amide bonds. The topological polar surface area (TPSA) is 85.9 Å². The normalized spacial score (nSPS) is 15.2. The van der Waals surface area contributed by atoms with Gasteiger partial charge in [-0.05, 0) is 36.5 Å². The average molecular weight is 455 g/mol. The summed E-state index contributed by atoms with van der Waals surface area (Å²) >= 11 is 0. The lowest BCUT2D eigenvalue weighted by Gasteiger charge is -2.43. The molecule has 2 N–H and O–H groups in total. The van der Waals surface area contributed by atoms with Crippen LogP contribution in [0.1, 0.15) is 49.0 Å². The van der Waals surface area contributed by atoms with Gasteiger partial charge in [0.1, 0.15) is 6.04 Å². The van der Waals surface area contributed by atoms with Crippen molar-refractivity contribution in [2.75, 3.05) is 27.9 Å². The van der Waals surface area contributed by atoms with Crippen molar-refractivity contribution in [2.24, 2.45) is 5.92 Å². The molecule has 0 radical (unpaired) electrons. The number of benzene rings is 2. The highest BCUT2D eigenvalue weighted by molar-refractivity contribution is 5.98. The number of carbonyl (C=O) groups excluding carboxylic acids is 2. The first-order chi connectivity index (χ1) is 15.8. The van der Waals surface area contributed by atoms with Gasteiger partial charge in [0.15, 0.2) is 11.5 Å². The van der Waals surface area contributed by atoms with Crippen LogP contribution < -0.4 is 24.8 Å². The van der Waals surface area contributed by atoms with Gasteiger partial charge < -0.3 is 24.8 Å². The van der Waals surface area contributed by atoms with E-state index in [9.17, 15) is 9.59 Å². The molecule has 1 saturated carbocycles. The molecule has 178 valence electrons. The standard InChI is InChI=1S/C26H34N2O5/c1-17(2)22(25(30)27-16-26(12-9-13-26)19-10-7-6-8-11-19)28-24(29)18-14-20(31-3)23(33-5)21(15-18)32-4/h6-8,10-11,14-15,17,22H,9,12-13,16H2,1-5H3,(H,27,30)(H,28,29)/t22-/m1/s1. The van der Waals surface area contributed by atoms with Crippen LogP contribution in [0.25, 0.3) is 0 Å². The van der Waals surface area contributed by atoms with Gasteiger partial charge in [0.25, 0.3) is 5.91 Å². The van der Waals surface area contributed by atoms with Crippen molar-refractivity contribution < 1.29 is 23.8 Å². The fraction of sp³-hybridized carbons (Fsp3) is 0.462. The van der Waals surface area contributed by atoms with Crippen molar-refractivity contribution in [1.82, 2.24) is 10.6 Å². The Hall–Kier alpha value is -3.22. The first-order valence-electron chi connectivity index (χ1n) is 11.3. The minimum absolute atomic E-state index is 0.0286. The number of hydrogen-bond acceptors (Lipinski definition) is 5. The number of rotatable bonds is 10. The molecule has 1 atom stereocenters. The number of carbonyl (C=O) groups is 2. The first kappa shape index (κ1) is 24.4. The Morgan fingerprint density at radius 2 is 1.58 bits per heavy atom. The Morgan fingerprint density at radius 1 is 0.970 bits per heavy atom. The average Bonchev–Trinajstić information content (AvgIpc) is 2.80. The fourth-order valence-electron chi connectivity index (χ4n) is 4.30. The van der Waals surface area contributed by atoms with Crippen LogP contribution in [0.2, 0.25) is 0 Å². The summed E-state index contributed by atoms with van der Waals surface area (Å²) in [5, 5.41) is 5.98. The van der Waals surface area contributed by atoms with E-state index in [-0.39, 0.29) is 23.1 Å². The maximum absolute atomic E-state index is 13.1. The molecule has 1 fully saturated rings. The van der Waals surface area contributed by atoms with Gasteiger partial charge in [0.05, 0.1) is 21.3 Å². The van der Waals surface area contributed by atoms with E-state index < -0.39 is 6.04 Å². The molecule has 0 bridgehead atoms. The third-order valence-corrected chi connectivity index (χ3v) is 6.46. The third kappa shape index (κ3) is 5.24. The molecule has 0 spiro atoms. The van der Waals surface area contributed by atoms with E-state index in [4.69, 9.17) is 14.2 Å². The number of amides is 2. The molecule has 33 heavy (non-hydrogen) atoms. The van der Waals surface area contributed by atoms with E-state index in [0.29, 0.717) is 29.4 Å². The number of nitrogens with one attached hydrogen (secondary N) is 2. The molecule has 3 rings (SSSR count). The van der Waals surface area contributed by atoms with Crippen LogP contribution in [-0.2, 0) is 10.2 Å². The lowest BCUT2D eigenvalue weighted by Crippen LogP contribution is -2.53. The van der Waals surface area contributed by atoms with E-state index in [1.807, 2.05) is 32.0 Å². The number of methoxy groups -OCH3 is 3. The van der Waals surface area contributed by atoms with Gasteiger partial charge in [-0.2, -0.15) is 0 Å². The van der Waals surface area contributed by atoms with Crippen LogP contribution in [0.4, 0.5) is 0 Å². The molecule has 1 aliphatic carbocycles. The Balaban J connectivity index is 1.73. The summed E-state index contributed by atoms with van der Waals surface area (Å²) in [6, 6.07) is 12.8. The summed E-state index contributed by atoms with van der Waals surface area (Å²) < 4.78 is 16.0. The van der Waals surface area contributed by atoms with E-state index >= 15 is 0 Å². The summed E-state index contributed by atoms with van der Waals surface area (Å²) in [6.45, 7) is 4.38. The van der Waals surface area contributed by atoms with Crippen molar-refractivity contribution in [3.63, 3.8) is 0 Å². The Kier molecular flexibility index (Phi) is 7.84. The Bertz CT molecular complexity index is 945. The van der Waals surface area contributed by atoms with E-state index in [0.717, 1.165) is 19.3 Å². The van der Waals surface area contributed by atoms with E-state index in [2.05, 4.69) is 22.8 Å². The van der Waals surface area contributed by atoms with Crippen LogP contribution in [0, 0.1) is 5.92 Å². The van der Waals surface area contributed by atoms with Gasteiger partial charge in [0, 0.05) is 17.5 Å². The van der Waals surface area contributed by atoms with Crippen molar-refractivity contribution in [2.45, 2.75) is 44.6 Å². The first-order valence-corrected chi connectivity index (χ1v) is 11.3. The van der Waals surface area contributed by atoms with Crippen LogP contribution in [0.5, 0.6) is 17.2 Å². The Labute approximate surface area is 195 Å². The second kappa shape index (κ2) is 10.6. The van der Waals surface area contributed by atoms with Crippen LogP contribution in [0.15, 0.2) is 42.5 Å². The molecule has 1 aliphatic rings. The highest BCUT2D eigenvalue weighted by Crippen LogP contribution is 2.43. The highest BCUT2D eigenvalue weighted by atomic mass is 16.5. The molecular formula is C26H34N2O5. The molecule has 0 saturated heterocycles.